The Kier molecular flexibility index (Phi) is 6.24. The second-order valence-corrected chi connectivity index (χ2v) is 9.13. The summed E-state index contributed by atoms with van der Waals surface area (Å²) < 4.78 is 18.2. The van der Waals surface area contributed by atoms with Gasteiger partial charge in [0.1, 0.15) is 34.9 Å². The molecule has 1 amide bonds. The van der Waals surface area contributed by atoms with Crippen LogP contribution in [0.25, 0.3) is 11.0 Å². The van der Waals surface area contributed by atoms with Gasteiger partial charge in [-0.25, -0.2) is 14.8 Å². The van der Waals surface area contributed by atoms with Gasteiger partial charge in [0, 0.05) is 30.9 Å². The van der Waals surface area contributed by atoms with E-state index in [4.69, 9.17) is 19.9 Å². The van der Waals surface area contributed by atoms with Gasteiger partial charge in [0.2, 0.25) is 0 Å². The molecule has 1 saturated heterocycles. The van der Waals surface area contributed by atoms with E-state index < -0.39 is 5.60 Å². The lowest BCUT2D eigenvalue weighted by atomic mass is 10.1. The predicted molar refractivity (Wildman–Crippen MR) is 129 cm³/mol. The Bertz CT molecular complexity index is 1260. The lowest BCUT2D eigenvalue weighted by Crippen LogP contribution is -2.35. The van der Waals surface area contributed by atoms with E-state index in [-0.39, 0.29) is 12.1 Å². The van der Waals surface area contributed by atoms with Gasteiger partial charge in [0.05, 0.1) is 31.2 Å². The number of anilines is 1. The molecule has 3 heterocycles. The molecule has 1 atom stereocenters. The van der Waals surface area contributed by atoms with Crippen molar-refractivity contribution in [2.75, 3.05) is 33.0 Å². The summed E-state index contributed by atoms with van der Waals surface area (Å²) in [7, 11) is 3.19. The molecule has 0 bridgehead atoms. The van der Waals surface area contributed by atoms with Gasteiger partial charge < -0.3 is 29.4 Å². The van der Waals surface area contributed by atoms with E-state index >= 15 is 0 Å². The number of carbonyl (C=O) groups is 1. The Balaban J connectivity index is 1.67. The van der Waals surface area contributed by atoms with Crippen LogP contribution >= 0.6 is 0 Å². The van der Waals surface area contributed by atoms with Gasteiger partial charge in [-0.3, -0.25) is 0 Å². The number of nitrogens with zero attached hydrogens (tertiary/aromatic N) is 4. The fourth-order valence-electron chi connectivity index (χ4n) is 3.96. The monoisotopic (exact) mass is 463 g/mol. The van der Waals surface area contributed by atoms with Gasteiger partial charge in [-0.2, -0.15) is 0 Å². The summed E-state index contributed by atoms with van der Waals surface area (Å²) in [5.74, 6) is 8.05. The van der Waals surface area contributed by atoms with Crippen molar-refractivity contribution >= 4 is 22.9 Å². The minimum absolute atomic E-state index is 0.0248. The van der Waals surface area contributed by atoms with Crippen LogP contribution in [0.15, 0.2) is 30.7 Å². The highest BCUT2D eigenvalue weighted by molar-refractivity contribution is 5.92. The first-order valence-electron chi connectivity index (χ1n) is 11.0. The molecule has 3 aromatic rings. The summed E-state index contributed by atoms with van der Waals surface area (Å²) in [5.41, 5.74) is 7.82. The average Bonchev–Trinajstić information content (AvgIpc) is 3.42. The molecular formula is C25H29N5O4. The minimum Gasteiger partial charge on any atom is -0.497 e. The largest absolute Gasteiger partial charge is 0.497 e. The van der Waals surface area contributed by atoms with Crippen LogP contribution in [0.5, 0.6) is 11.5 Å². The van der Waals surface area contributed by atoms with Crippen molar-refractivity contribution in [2.45, 2.75) is 38.8 Å². The molecule has 0 saturated carbocycles. The SMILES string of the molecule is COc1cc(C#Cc2cn(C3CCN(C(=O)OC(C)(C)C)C3)c3ncnc(N)c23)cc(OC)c1. The molecule has 1 aliphatic heterocycles. The number of fused-ring (bicyclic) bond motifs is 1. The topological polar surface area (TPSA) is 105 Å². The van der Waals surface area contributed by atoms with Crippen molar-refractivity contribution in [3.8, 4) is 23.3 Å². The fourth-order valence-corrected chi connectivity index (χ4v) is 3.96. The van der Waals surface area contributed by atoms with Gasteiger partial charge >= 0.3 is 6.09 Å². The lowest BCUT2D eigenvalue weighted by Gasteiger charge is -2.24. The molecule has 0 spiro atoms. The number of hydrogen-bond donors (Lipinski definition) is 1. The summed E-state index contributed by atoms with van der Waals surface area (Å²) in [4.78, 5) is 22.9. The zero-order valence-corrected chi connectivity index (χ0v) is 20.1. The Morgan fingerprint density at radius 3 is 2.47 bits per heavy atom. The second-order valence-electron chi connectivity index (χ2n) is 9.13. The smallest absolute Gasteiger partial charge is 0.410 e. The van der Waals surface area contributed by atoms with E-state index in [0.717, 1.165) is 12.0 Å². The van der Waals surface area contributed by atoms with Gasteiger partial charge in [0.15, 0.2) is 0 Å². The van der Waals surface area contributed by atoms with Crippen LogP contribution in [0, 0.1) is 11.8 Å². The van der Waals surface area contributed by atoms with Crippen molar-refractivity contribution in [2.24, 2.45) is 0 Å². The molecule has 1 fully saturated rings. The number of ether oxygens (including phenoxy) is 3. The molecule has 0 aliphatic carbocycles. The van der Waals surface area contributed by atoms with Crippen LogP contribution in [0.1, 0.15) is 44.4 Å². The third-order valence-corrected chi connectivity index (χ3v) is 5.54. The van der Waals surface area contributed by atoms with Crippen molar-refractivity contribution in [3.63, 3.8) is 0 Å². The van der Waals surface area contributed by atoms with E-state index in [1.165, 1.54) is 6.33 Å². The molecule has 2 N–H and O–H groups in total. The number of hydrogen-bond acceptors (Lipinski definition) is 7. The molecule has 178 valence electrons. The van der Waals surface area contributed by atoms with Crippen LogP contribution in [0.4, 0.5) is 10.6 Å². The van der Waals surface area contributed by atoms with Crippen molar-refractivity contribution in [1.29, 1.82) is 0 Å². The first-order chi connectivity index (χ1) is 16.2. The van der Waals surface area contributed by atoms with Crippen LogP contribution in [-0.2, 0) is 4.74 Å². The normalized spacial score (nSPS) is 15.7. The molecule has 34 heavy (non-hydrogen) atoms. The number of aromatic nitrogens is 3. The lowest BCUT2D eigenvalue weighted by molar-refractivity contribution is 0.0289. The molecule has 9 nitrogen and oxygen atoms in total. The highest BCUT2D eigenvalue weighted by atomic mass is 16.6. The van der Waals surface area contributed by atoms with Crippen LogP contribution < -0.4 is 15.2 Å². The number of nitrogen functional groups attached to an aromatic ring is 1. The molecule has 1 unspecified atom stereocenters. The van der Waals surface area contributed by atoms with Crippen LogP contribution in [0.3, 0.4) is 0 Å². The van der Waals surface area contributed by atoms with Crippen molar-refractivity contribution in [1.82, 2.24) is 19.4 Å². The molecule has 1 aromatic carbocycles. The molecule has 9 heteroatoms. The Morgan fingerprint density at radius 1 is 1.12 bits per heavy atom. The maximum Gasteiger partial charge on any atom is 0.410 e. The summed E-state index contributed by atoms with van der Waals surface area (Å²) in [6, 6.07) is 5.49. The number of carbonyl (C=O) groups excluding carboxylic acids is 1. The van der Waals surface area contributed by atoms with E-state index in [1.807, 2.05) is 43.7 Å². The zero-order chi connectivity index (χ0) is 24.5. The molecule has 1 aliphatic rings. The number of amides is 1. The summed E-state index contributed by atoms with van der Waals surface area (Å²) in [6.45, 7) is 6.70. The number of nitrogens with two attached hydrogens (primary N) is 1. The van der Waals surface area contributed by atoms with E-state index in [1.54, 1.807) is 25.2 Å². The third kappa shape index (κ3) is 4.86. The van der Waals surface area contributed by atoms with Crippen LogP contribution in [0.2, 0.25) is 0 Å². The maximum absolute atomic E-state index is 12.5. The highest BCUT2D eigenvalue weighted by Gasteiger charge is 2.32. The number of rotatable bonds is 3. The third-order valence-electron chi connectivity index (χ3n) is 5.54. The Hall–Kier alpha value is -3.93. The zero-order valence-electron chi connectivity index (χ0n) is 20.1. The quantitative estimate of drug-likeness (QED) is 0.592. The molecule has 0 radical (unpaired) electrons. The Labute approximate surface area is 198 Å². The minimum atomic E-state index is -0.539. The molecular weight excluding hydrogens is 434 g/mol. The van der Waals surface area contributed by atoms with Crippen molar-refractivity contribution in [3.05, 3.63) is 41.9 Å². The first kappa shape index (κ1) is 23.2. The molecule has 4 rings (SSSR count). The highest BCUT2D eigenvalue weighted by Crippen LogP contribution is 2.31. The summed E-state index contributed by atoms with van der Waals surface area (Å²) in [5, 5.41) is 0.695. The van der Waals surface area contributed by atoms with E-state index in [9.17, 15) is 4.79 Å². The van der Waals surface area contributed by atoms with Gasteiger partial charge in [0.25, 0.3) is 0 Å². The first-order valence-corrected chi connectivity index (χ1v) is 11.0. The van der Waals surface area contributed by atoms with E-state index in [0.29, 0.717) is 47.0 Å². The fraction of sp³-hybridized carbons (Fsp3) is 0.400. The maximum atomic E-state index is 12.5. The predicted octanol–water partition coefficient (Wildman–Crippen LogP) is 3.61. The number of benzene rings is 1. The number of likely N-dealkylation sites (tertiary alicyclic amines) is 1. The summed E-state index contributed by atoms with van der Waals surface area (Å²) in [6.07, 6.45) is 3.84. The van der Waals surface area contributed by atoms with Crippen molar-refractivity contribution < 1.29 is 19.0 Å². The summed E-state index contributed by atoms with van der Waals surface area (Å²) >= 11 is 0. The standard InChI is InChI=1S/C25H29N5O4/c1-25(2,3)34-24(31)29-9-8-18(14-29)30-13-17(21-22(26)27-15-28-23(21)30)7-6-16-10-19(32-4)12-20(11-16)33-5/h10-13,15,18H,8-9,14H2,1-5H3,(H2,26,27,28). The average molecular weight is 464 g/mol. The molecule has 2 aromatic heterocycles. The van der Waals surface area contributed by atoms with E-state index in [2.05, 4.69) is 21.8 Å². The van der Waals surface area contributed by atoms with Gasteiger partial charge in [-0.1, -0.05) is 11.8 Å². The second kappa shape index (κ2) is 9.14. The van der Waals surface area contributed by atoms with Gasteiger partial charge in [-0.05, 0) is 39.3 Å². The Morgan fingerprint density at radius 2 is 1.82 bits per heavy atom. The number of methoxy groups -OCH3 is 2. The van der Waals surface area contributed by atoms with Crippen LogP contribution in [-0.4, -0.2) is 58.4 Å². The van der Waals surface area contributed by atoms with Gasteiger partial charge in [-0.15, -0.1) is 0 Å².